The summed E-state index contributed by atoms with van der Waals surface area (Å²) < 4.78 is 6.90. The van der Waals surface area contributed by atoms with E-state index in [0.717, 1.165) is 10.4 Å². The SMILES string of the molecule is CCOC(=O)c1cc(-c2ccccc2)sc1NC(=O)[C@H](C)Sc1nncn1C. The number of nitrogens with one attached hydrogen (secondary N) is 1. The molecule has 0 bridgehead atoms. The summed E-state index contributed by atoms with van der Waals surface area (Å²) in [6, 6.07) is 11.5. The largest absolute Gasteiger partial charge is 0.462 e. The number of ether oxygens (including phenoxy) is 1. The molecular weight excluding hydrogens is 396 g/mol. The summed E-state index contributed by atoms with van der Waals surface area (Å²) in [5.74, 6) is -0.676. The number of carbonyl (C=O) groups is 2. The van der Waals surface area contributed by atoms with E-state index >= 15 is 0 Å². The monoisotopic (exact) mass is 416 g/mol. The van der Waals surface area contributed by atoms with Gasteiger partial charge in [-0.2, -0.15) is 0 Å². The number of carbonyl (C=O) groups excluding carboxylic acids is 2. The highest BCUT2D eigenvalue weighted by molar-refractivity contribution is 8.00. The maximum atomic E-state index is 12.7. The first kappa shape index (κ1) is 20.1. The Kier molecular flexibility index (Phi) is 6.48. The van der Waals surface area contributed by atoms with Gasteiger partial charge in [0.1, 0.15) is 11.3 Å². The number of amides is 1. The topological polar surface area (TPSA) is 86.1 Å². The molecule has 0 aliphatic carbocycles. The molecule has 0 saturated heterocycles. The van der Waals surface area contributed by atoms with Crippen molar-refractivity contribution in [2.75, 3.05) is 11.9 Å². The van der Waals surface area contributed by atoms with Gasteiger partial charge in [-0.25, -0.2) is 4.79 Å². The number of aryl methyl sites for hydroxylation is 1. The van der Waals surface area contributed by atoms with E-state index < -0.39 is 11.2 Å². The maximum Gasteiger partial charge on any atom is 0.341 e. The van der Waals surface area contributed by atoms with Crippen molar-refractivity contribution in [2.24, 2.45) is 7.05 Å². The number of thiophene rings is 1. The minimum atomic E-state index is -0.454. The van der Waals surface area contributed by atoms with Gasteiger partial charge >= 0.3 is 5.97 Å². The van der Waals surface area contributed by atoms with Gasteiger partial charge in [0, 0.05) is 11.9 Å². The van der Waals surface area contributed by atoms with E-state index in [1.807, 2.05) is 37.4 Å². The number of nitrogens with zero attached hydrogens (tertiary/aromatic N) is 3. The Morgan fingerprint density at radius 2 is 2.07 bits per heavy atom. The fourth-order valence-corrected chi connectivity index (χ4v) is 4.24. The molecule has 9 heteroatoms. The molecule has 0 saturated carbocycles. The van der Waals surface area contributed by atoms with Crippen molar-refractivity contribution in [1.82, 2.24) is 14.8 Å². The van der Waals surface area contributed by atoms with Gasteiger partial charge in [0.05, 0.1) is 17.4 Å². The predicted octanol–water partition coefficient (Wildman–Crippen LogP) is 3.84. The molecule has 0 radical (unpaired) electrons. The van der Waals surface area contributed by atoms with Crippen LogP contribution < -0.4 is 5.32 Å². The summed E-state index contributed by atoms with van der Waals surface area (Å²) in [6.07, 6.45) is 1.58. The maximum absolute atomic E-state index is 12.7. The van der Waals surface area contributed by atoms with Crippen molar-refractivity contribution in [3.8, 4) is 10.4 Å². The zero-order valence-corrected chi connectivity index (χ0v) is 17.3. The molecule has 0 fully saturated rings. The van der Waals surface area contributed by atoms with Crippen molar-refractivity contribution >= 4 is 40.0 Å². The van der Waals surface area contributed by atoms with Gasteiger partial charge in [0.15, 0.2) is 5.16 Å². The van der Waals surface area contributed by atoms with Crippen LogP contribution in [-0.2, 0) is 16.6 Å². The van der Waals surface area contributed by atoms with Gasteiger partial charge in [0.2, 0.25) is 5.91 Å². The van der Waals surface area contributed by atoms with Crippen LogP contribution in [0.3, 0.4) is 0 Å². The van der Waals surface area contributed by atoms with E-state index in [-0.39, 0.29) is 12.5 Å². The van der Waals surface area contributed by atoms with Crippen molar-refractivity contribution in [1.29, 1.82) is 0 Å². The fourth-order valence-electron chi connectivity index (χ4n) is 2.39. The Hall–Kier alpha value is -2.65. The minimum Gasteiger partial charge on any atom is -0.462 e. The number of rotatable bonds is 7. The van der Waals surface area contributed by atoms with Gasteiger partial charge in [-0.1, -0.05) is 42.1 Å². The third kappa shape index (κ3) is 4.60. The molecular formula is C19H20N4O3S2. The Morgan fingerprint density at radius 3 is 2.71 bits per heavy atom. The molecule has 146 valence electrons. The smallest absolute Gasteiger partial charge is 0.341 e. The van der Waals surface area contributed by atoms with E-state index in [1.54, 1.807) is 30.8 Å². The Labute approximate surface area is 171 Å². The molecule has 28 heavy (non-hydrogen) atoms. The minimum absolute atomic E-state index is 0.222. The molecule has 1 N–H and O–H groups in total. The highest BCUT2D eigenvalue weighted by atomic mass is 32.2. The Balaban J connectivity index is 1.82. The van der Waals surface area contributed by atoms with Crippen LogP contribution in [0.15, 0.2) is 47.9 Å². The Bertz CT molecular complexity index is 969. The summed E-state index contributed by atoms with van der Waals surface area (Å²) in [5.41, 5.74) is 1.33. The summed E-state index contributed by atoms with van der Waals surface area (Å²) >= 11 is 2.65. The fraction of sp³-hybridized carbons (Fsp3) is 0.263. The second kappa shape index (κ2) is 9.03. The van der Waals surface area contributed by atoms with Crippen molar-refractivity contribution in [2.45, 2.75) is 24.3 Å². The van der Waals surface area contributed by atoms with Crippen LogP contribution in [-0.4, -0.2) is 38.5 Å². The van der Waals surface area contributed by atoms with E-state index in [2.05, 4.69) is 15.5 Å². The highest BCUT2D eigenvalue weighted by Crippen LogP contribution is 2.36. The molecule has 0 unspecified atom stereocenters. The molecule has 0 aliphatic rings. The van der Waals surface area contributed by atoms with Crippen LogP contribution in [0.5, 0.6) is 0 Å². The van der Waals surface area contributed by atoms with E-state index in [0.29, 0.717) is 15.7 Å². The van der Waals surface area contributed by atoms with E-state index in [9.17, 15) is 9.59 Å². The molecule has 2 aromatic heterocycles. The average molecular weight is 417 g/mol. The standard InChI is InChI=1S/C19H20N4O3S2/c1-4-26-18(25)14-10-15(13-8-6-5-7-9-13)28-17(14)21-16(24)12(2)27-19-22-20-11-23(19)3/h5-12H,4H2,1-3H3,(H,21,24)/t12-/m0/s1. The first-order chi connectivity index (χ1) is 13.5. The predicted molar refractivity (Wildman–Crippen MR) is 111 cm³/mol. The molecule has 7 nitrogen and oxygen atoms in total. The number of hydrogen-bond donors (Lipinski definition) is 1. The molecule has 2 heterocycles. The van der Waals surface area contributed by atoms with Crippen LogP contribution in [0.25, 0.3) is 10.4 Å². The molecule has 3 aromatic rings. The molecule has 1 atom stereocenters. The van der Waals surface area contributed by atoms with Gasteiger partial charge < -0.3 is 14.6 Å². The van der Waals surface area contributed by atoms with Crippen LogP contribution in [0.4, 0.5) is 5.00 Å². The lowest BCUT2D eigenvalue weighted by atomic mass is 10.1. The molecule has 1 amide bonds. The van der Waals surface area contributed by atoms with E-state index in [4.69, 9.17) is 4.74 Å². The van der Waals surface area contributed by atoms with Gasteiger partial charge in [-0.15, -0.1) is 21.5 Å². The second-order valence-electron chi connectivity index (χ2n) is 5.91. The molecule has 1 aromatic carbocycles. The van der Waals surface area contributed by atoms with Crippen molar-refractivity contribution < 1.29 is 14.3 Å². The number of esters is 1. The van der Waals surface area contributed by atoms with Crippen molar-refractivity contribution in [3.63, 3.8) is 0 Å². The lowest BCUT2D eigenvalue weighted by Gasteiger charge is -2.11. The zero-order chi connectivity index (χ0) is 20.1. The molecule has 3 rings (SSSR count). The summed E-state index contributed by atoms with van der Waals surface area (Å²) in [4.78, 5) is 25.9. The first-order valence-electron chi connectivity index (χ1n) is 8.67. The summed E-state index contributed by atoms with van der Waals surface area (Å²) in [7, 11) is 1.82. The third-order valence-electron chi connectivity index (χ3n) is 3.84. The van der Waals surface area contributed by atoms with Crippen molar-refractivity contribution in [3.05, 3.63) is 48.3 Å². The van der Waals surface area contributed by atoms with Crippen LogP contribution in [0, 0.1) is 0 Å². The number of hydrogen-bond acceptors (Lipinski definition) is 7. The van der Waals surface area contributed by atoms with Gasteiger partial charge in [-0.3, -0.25) is 4.79 Å². The zero-order valence-electron chi connectivity index (χ0n) is 15.7. The number of thioether (sulfide) groups is 1. The summed E-state index contributed by atoms with van der Waals surface area (Å²) in [6.45, 7) is 3.80. The quantitative estimate of drug-likeness (QED) is 0.465. The number of benzene rings is 1. The lowest BCUT2D eigenvalue weighted by molar-refractivity contribution is -0.115. The number of anilines is 1. The molecule has 0 aliphatic heterocycles. The van der Waals surface area contributed by atoms with Crippen LogP contribution in [0.2, 0.25) is 0 Å². The Morgan fingerprint density at radius 1 is 1.32 bits per heavy atom. The second-order valence-corrected chi connectivity index (χ2v) is 8.27. The lowest BCUT2D eigenvalue weighted by Crippen LogP contribution is -2.23. The first-order valence-corrected chi connectivity index (χ1v) is 10.4. The molecule has 0 spiro atoms. The highest BCUT2D eigenvalue weighted by Gasteiger charge is 2.23. The van der Waals surface area contributed by atoms with Crippen LogP contribution in [0.1, 0.15) is 24.2 Å². The van der Waals surface area contributed by atoms with Gasteiger partial charge in [0.25, 0.3) is 0 Å². The van der Waals surface area contributed by atoms with E-state index in [1.165, 1.54) is 23.1 Å². The summed E-state index contributed by atoms with van der Waals surface area (Å²) in [5, 5.41) is 11.4. The van der Waals surface area contributed by atoms with Crippen LogP contribution >= 0.6 is 23.1 Å². The normalized spacial score (nSPS) is 11.8. The van der Waals surface area contributed by atoms with Gasteiger partial charge in [-0.05, 0) is 25.5 Å². The average Bonchev–Trinajstić information content (AvgIpc) is 3.29. The third-order valence-corrected chi connectivity index (χ3v) is 6.09. The number of aromatic nitrogens is 3.